The maximum atomic E-state index is 5.74. The van der Waals surface area contributed by atoms with Gasteiger partial charge in [-0.2, -0.15) is 4.89 Å². The van der Waals surface area contributed by atoms with Crippen LogP contribution in [0, 0.1) is 0 Å². The molecular formula is C8H7BrClNO3. The van der Waals surface area contributed by atoms with E-state index in [2.05, 4.69) is 15.9 Å². The SMILES string of the molecule is Clc1ccc(N2OOC(CBr)O2)cc1. The zero-order valence-corrected chi connectivity index (χ0v) is 9.36. The van der Waals surface area contributed by atoms with Crippen LogP contribution in [0.25, 0.3) is 0 Å². The van der Waals surface area contributed by atoms with Gasteiger partial charge in [0.15, 0.2) is 0 Å². The van der Waals surface area contributed by atoms with Gasteiger partial charge in [-0.05, 0) is 24.3 Å². The standard InChI is InChI=1S/C8H7BrClNO3/c9-5-8-12-11(14-13-8)7-3-1-6(10)2-4-7/h1-4,8H,5H2. The molecule has 4 nitrogen and oxygen atoms in total. The maximum Gasteiger partial charge on any atom is 0.232 e. The molecule has 1 saturated heterocycles. The van der Waals surface area contributed by atoms with Crippen molar-refractivity contribution in [1.82, 2.24) is 0 Å². The van der Waals surface area contributed by atoms with Gasteiger partial charge in [0.1, 0.15) is 0 Å². The van der Waals surface area contributed by atoms with Gasteiger partial charge >= 0.3 is 0 Å². The summed E-state index contributed by atoms with van der Waals surface area (Å²) in [6.45, 7) is 0. The van der Waals surface area contributed by atoms with Crippen molar-refractivity contribution < 1.29 is 14.7 Å². The molecule has 1 aliphatic heterocycles. The van der Waals surface area contributed by atoms with Crippen LogP contribution in [0.5, 0.6) is 0 Å². The summed E-state index contributed by atoms with van der Waals surface area (Å²) in [5.41, 5.74) is 0.720. The van der Waals surface area contributed by atoms with E-state index in [1.165, 1.54) is 5.23 Å². The lowest BCUT2D eigenvalue weighted by Crippen LogP contribution is -2.17. The molecule has 0 N–H and O–H groups in total. The third-order valence-electron chi connectivity index (χ3n) is 1.59. The van der Waals surface area contributed by atoms with Crippen LogP contribution in [0.3, 0.4) is 0 Å². The zero-order chi connectivity index (χ0) is 9.97. The van der Waals surface area contributed by atoms with Gasteiger partial charge in [-0.15, -0.1) is 0 Å². The Kier molecular flexibility index (Phi) is 3.25. The van der Waals surface area contributed by atoms with Gasteiger partial charge in [-0.1, -0.05) is 37.7 Å². The molecule has 76 valence electrons. The first kappa shape index (κ1) is 10.2. The van der Waals surface area contributed by atoms with E-state index in [9.17, 15) is 0 Å². The number of anilines is 1. The summed E-state index contributed by atoms with van der Waals surface area (Å²) in [4.78, 5) is 14.9. The van der Waals surface area contributed by atoms with Crippen LogP contribution < -0.4 is 5.23 Å². The molecule has 0 saturated carbocycles. The van der Waals surface area contributed by atoms with Gasteiger partial charge in [-0.25, -0.2) is 4.84 Å². The van der Waals surface area contributed by atoms with Crippen LogP contribution in [0.4, 0.5) is 5.69 Å². The highest BCUT2D eigenvalue weighted by Crippen LogP contribution is 2.24. The minimum absolute atomic E-state index is 0.425. The Balaban J connectivity index is 2.06. The summed E-state index contributed by atoms with van der Waals surface area (Å²) in [7, 11) is 0. The van der Waals surface area contributed by atoms with Crippen molar-refractivity contribution >= 4 is 33.2 Å². The zero-order valence-electron chi connectivity index (χ0n) is 7.02. The number of nitrogens with zero attached hydrogens (tertiary/aromatic N) is 1. The normalized spacial score (nSPS) is 21.6. The van der Waals surface area contributed by atoms with Crippen LogP contribution in [-0.2, 0) is 14.7 Å². The highest BCUT2D eigenvalue weighted by Gasteiger charge is 2.26. The molecule has 1 aliphatic rings. The third kappa shape index (κ3) is 2.18. The molecule has 1 aromatic carbocycles. The van der Waals surface area contributed by atoms with Crippen LogP contribution in [0.15, 0.2) is 24.3 Å². The van der Waals surface area contributed by atoms with E-state index in [1.54, 1.807) is 24.3 Å². The van der Waals surface area contributed by atoms with E-state index >= 15 is 0 Å². The Morgan fingerprint density at radius 1 is 1.36 bits per heavy atom. The number of hydrogen-bond acceptors (Lipinski definition) is 4. The van der Waals surface area contributed by atoms with Crippen molar-refractivity contribution in [2.75, 3.05) is 10.6 Å². The Morgan fingerprint density at radius 2 is 2.07 bits per heavy atom. The highest BCUT2D eigenvalue weighted by molar-refractivity contribution is 9.09. The van der Waals surface area contributed by atoms with Crippen LogP contribution in [0.2, 0.25) is 5.02 Å². The number of halogens is 2. The van der Waals surface area contributed by atoms with E-state index in [4.69, 9.17) is 26.3 Å². The molecule has 14 heavy (non-hydrogen) atoms. The van der Waals surface area contributed by atoms with Crippen molar-refractivity contribution in [1.29, 1.82) is 0 Å². The highest BCUT2D eigenvalue weighted by atomic mass is 79.9. The maximum absolute atomic E-state index is 5.74. The number of benzene rings is 1. The molecule has 0 bridgehead atoms. The summed E-state index contributed by atoms with van der Waals surface area (Å²) >= 11 is 8.95. The summed E-state index contributed by atoms with van der Waals surface area (Å²) in [5.74, 6) is 0. The number of rotatable bonds is 2. The van der Waals surface area contributed by atoms with E-state index in [0.717, 1.165) is 5.69 Å². The fraction of sp³-hybridized carbons (Fsp3) is 0.250. The molecule has 1 atom stereocenters. The van der Waals surface area contributed by atoms with Crippen molar-refractivity contribution in [3.8, 4) is 0 Å². The van der Waals surface area contributed by atoms with Gasteiger partial charge < -0.3 is 0 Å². The summed E-state index contributed by atoms with van der Waals surface area (Å²) in [5, 5.41) is 2.39. The Morgan fingerprint density at radius 3 is 2.64 bits per heavy atom. The molecule has 0 spiro atoms. The molecule has 6 heteroatoms. The Bertz CT molecular complexity index is 308. The van der Waals surface area contributed by atoms with Crippen LogP contribution >= 0.6 is 27.5 Å². The molecule has 0 radical (unpaired) electrons. The number of hydrogen-bond donors (Lipinski definition) is 0. The average molecular weight is 281 g/mol. The molecule has 1 aromatic rings. The topological polar surface area (TPSA) is 30.9 Å². The van der Waals surface area contributed by atoms with Gasteiger partial charge in [-0.3, -0.25) is 0 Å². The van der Waals surface area contributed by atoms with E-state index in [-0.39, 0.29) is 0 Å². The second kappa shape index (κ2) is 4.46. The van der Waals surface area contributed by atoms with Gasteiger partial charge in [0, 0.05) is 5.02 Å². The largest absolute Gasteiger partial charge is 0.232 e. The lowest BCUT2D eigenvalue weighted by Gasteiger charge is -2.10. The first-order valence-corrected chi connectivity index (χ1v) is 5.41. The van der Waals surface area contributed by atoms with Gasteiger partial charge in [0.2, 0.25) is 6.29 Å². The lowest BCUT2D eigenvalue weighted by molar-refractivity contribution is -0.278. The van der Waals surface area contributed by atoms with Gasteiger partial charge in [0.25, 0.3) is 0 Å². The fourth-order valence-corrected chi connectivity index (χ4v) is 1.30. The minimum atomic E-state index is -0.425. The predicted octanol–water partition coefficient (Wildman–Crippen LogP) is 2.68. The monoisotopic (exact) mass is 279 g/mol. The van der Waals surface area contributed by atoms with Gasteiger partial charge in [0.05, 0.1) is 11.0 Å². The fourth-order valence-electron chi connectivity index (χ4n) is 0.950. The average Bonchev–Trinajstić information content (AvgIpc) is 2.67. The van der Waals surface area contributed by atoms with Crippen molar-refractivity contribution in [3.63, 3.8) is 0 Å². The Labute approximate surface area is 94.3 Å². The molecular weight excluding hydrogens is 273 g/mol. The first-order chi connectivity index (χ1) is 6.79. The molecule has 1 fully saturated rings. The Hall–Kier alpha value is -0.330. The molecule has 0 amide bonds. The lowest BCUT2D eigenvalue weighted by atomic mass is 10.3. The van der Waals surface area contributed by atoms with Crippen molar-refractivity contribution in [2.45, 2.75) is 6.29 Å². The third-order valence-corrected chi connectivity index (χ3v) is 2.38. The molecule has 1 unspecified atom stereocenters. The second-order valence-corrected chi connectivity index (χ2v) is 3.68. The summed E-state index contributed by atoms with van der Waals surface area (Å²) < 4.78 is 0. The molecule has 2 rings (SSSR count). The van der Waals surface area contributed by atoms with Crippen LogP contribution in [-0.4, -0.2) is 11.6 Å². The van der Waals surface area contributed by atoms with E-state index < -0.39 is 6.29 Å². The quantitative estimate of drug-likeness (QED) is 0.615. The smallest absolute Gasteiger partial charge is 0.210 e. The molecule has 1 heterocycles. The van der Waals surface area contributed by atoms with Crippen LogP contribution in [0.1, 0.15) is 0 Å². The molecule has 0 aliphatic carbocycles. The van der Waals surface area contributed by atoms with Crippen molar-refractivity contribution in [2.24, 2.45) is 0 Å². The van der Waals surface area contributed by atoms with Crippen molar-refractivity contribution in [3.05, 3.63) is 29.3 Å². The first-order valence-electron chi connectivity index (χ1n) is 3.91. The number of alkyl halides is 1. The van der Waals surface area contributed by atoms with E-state index in [1.807, 2.05) is 0 Å². The molecule has 0 aromatic heterocycles. The summed E-state index contributed by atoms with van der Waals surface area (Å²) in [6, 6.07) is 7.01. The second-order valence-electron chi connectivity index (χ2n) is 2.59. The minimum Gasteiger partial charge on any atom is -0.210 e. The summed E-state index contributed by atoms with van der Waals surface area (Å²) in [6.07, 6.45) is -0.425. The van der Waals surface area contributed by atoms with E-state index in [0.29, 0.717) is 10.4 Å². The predicted molar refractivity (Wildman–Crippen MR) is 54.8 cm³/mol.